The molecular formula is C17H27NO. The van der Waals surface area contributed by atoms with Gasteiger partial charge in [-0.25, -0.2) is 0 Å². The van der Waals surface area contributed by atoms with Crippen molar-refractivity contribution in [3.05, 3.63) is 29.3 Å². The second-order valence-electron chi connectivity index (χ2n) is 5.68. The number of unbranched alkanes of at least 4 members (excludes halogenated alkanes) is 2. The Morgan fingerprint density at radius 3 is 2.37 bits per heavy atom. The molecule has 0 aliphatic carbocycles. The predicted molar refractivity (Wildman–Crippen MR) is 80.9 cm³/mol. The van der Waals surface area contributed by atoms with Crippen LogP contribution in [0, 0.1) is 13.8 Å². The van der Waals surface area contributed by atoms with E-state index in [2.05, 4.69) is 36.9 Å². The van der Waals surface area contributed by atoms with Crippen molar-refractivity contribution in [3.63, 3.8) is 0 Å². The van der Waals surface area contributed by atoms with Crippen molar-refractivity contribution in [2.75, 3.05) is 26.2 Å². The second-order valence-corrected chi connectivity index (χ2v) is 5.68. The molecule has 0 amide bonds. The SMILES string of the molecule is Cc1cccc(C)c1OCCCCCN1CCCC1. The maximum atomic E-state index is 5.93. The molecule has 1 fully saturated rings. The first-order valence-electron chi connectivity index (χ1n) is 7.69. The van der Waals surface area contributed by atoms with Crippen molar-refractivity contribution >= 4 is 0 Å². The summed E-state index contributed by atoms with van der Waals surface area (Å²) in [7, 11) is 0. The Kier molecular flexibility index (Phi) is 5.71. The van der Waals surface area contributed by atoms with E-state index in [1.165, 1.54) is 62.9 Å². The highest BCUT2D eigenvalue weighted by Crippen LogP contribution is 2.22. The lowest BCUT2D eigenvalue weighted by molar-refractivity contribution is 0.287. The minimum atomic E-state index is 0.853. The summed E-state index contributed by atoms with van der Waals surface area (Å²) in [5, 5.41) is 0. The maximum Gasteiger partial charge on any atom is 0.125 e. The summed E-state index contributed by atoms with van der Waals surface area (Å²) < 4.78 is 5.93. The summed E-state index contributed by atoms with van der Waals surface area (Å²) in [6, 6.07) is 6.33. The fraction of sp³-hybridized carbons (Fsp3) is 0.647. The molecule has 1 aromatic rings. The van der Waals surface area contributed by atoms with Crippen molar-refractivity contribution < 1.29 is 4.74 Å². The molecule has 19 heavy (non-hydrogen) atoms. The van der Waals surface area contributed by atoms with E-state index in [1.54, 1.807) is 0 Å². The van der Waals surface area contributed by atoms with Gasteiger partial charge in [0.1, 0.15) is 5.75 Å². The standard InChI is InChI=1S/C17H27NO/c1-15-9-8-10-16(2)17(15)19-14-7-3-4-11-18-12-5-6-13-18/h8-10H,3-7,11-14H2,1-2H3. The van der Waals surface area contributed by atoms with Gasteiger partial charge in [0.2, 0.25) is 0 Å². The van der Waals surface area contributed by atoms with Crippen molar-refractivity contribution in [1.82, 2.24) is 4.90 Å². The minimum Gasteiger partial charge on any atom is -0.493 e. The van der Waals surface area contributed by atoms with Crippen molar-refractivity contribution in [1.29, 1.82) is 0 Å². The van der Waals surface area contributed by atoms with Gasteiger partial charge < -0.3 is 9.64 Å². The van der Waals surface area contributed by atoms with Gasteiger partial charge in [-0.2, -0.15) is 0 Å². The molecule has 0 unspecified atom stereocenters. The third-order valence-electron chi connectivity index (χ3n) is 3.97. The van der Waals surface area contributed by atoms with Gasteiger partial charge in [-0.15, -0.1) is 0 Å². The van der Waals surface area contributed by atoms with E-state index in [1.807, 2.05) is 0 Å². The van der Waals surface area contributed by atoms with Crippen molar-refractivity contribution in [3.8, 4) is 5.75 Å². The van der Waals surface area contributed by atoms with Gasteiger partial charge in [-0.1, -0.05) is 18.2 Å². The number of hydrogen-bond donors (Lipinski definition) is 0. The molecule has 2 rings (SSSR count). The van der Waals surface area contributed by atoms with Gasteiger partial charge in [0.05, 0.1) is 6.61 Å². The predicted octanol–water partition coefficient (Wildman–Crippen LogP) is 3.95. The van der Waals surface area contributed by atoms with E-state index in [0.717, 1.165) is 12.4 Å². The van der Waals surface area contributed by atoms with Gasteiger partial charge in [-0.3, -0.25) is 0 Å². The lowest BCUT2D eigenvalue weighted by atomic mass is 10.1. The average Bonchev–Trinajstić information content (AvgIpc) is 2.89. The van der Waals surface area contributed by atoms with Crippen molar-refractivity contribution in [2.45, 2.75) is 46.0 Å². The van der Waals surface area contributed by atoms with E-state index in [9.17, 15) is 0 Å². The molecule has 0 aromatic heterocycles. The molecule has 1 aromatic carbocycles. The van der Waals surface area contributed by atoms with Crippen LogP contribution in [0.25, 0.3) is 0 Å². The summed E-state index contributed by atoms with van der Waals surface area (Å²) >= 11 is 0. The summed E-state index contributed by atoms with van der Waals surface area (Å²) in [4.78, 5) is 2.59. The average molecular weight is 261 g/mol. The number of nitrogens with zero attached hydrogens (tertiary/aromatic N) is 1. The molecular weight excluding hydrogens is 234 g/mol. The highest BCUT2D eigenvalue weighted by Gasteiger charge is 2.10. The molecule has 2 heteroatoms. The maximum absolute atomic E-state index is 5.93. The molecule has 0 saturated carbocycles. The van der Waals surface area contributed by atoms with Gasteiger partial charge in [-0.05, 0) is 76.7 Å². The monoisotopic (exact) mass is 261 g/mol. The van der Waals surface area contributed by atoms with Gasteiger partial charge in [0.25, 0.3) is 0 Å². The molecule has 0 bridgehead atoms. The first-order valence-corrected chi connectivity index (χ1v) is 7.69. The smallest absolute Gasteiger partial charge is 0.125 e. The lowest BCUT2D eigenvalue weighted by Gasteiger charge is -2.14. The van der Waals surface area contributed by atoms with Crippen LogP contribution >= 0.6 is 0 Å². The Balaban J connectivity index is 1.58. The van der Waals surface area contributed by atoms with E-state index in [4.69, 9.17) is 4.74 Å². The van der Waals surface area contributed by atoms with Crippen LogP contribution in [-0.4, -0.2) is 31.1 Å². The van der Waals surface area contributed by atoms with E-state index in [-0.39, 0.29) is 0 Å². The quantitative estimate of drug-likeness (QED) is 0.689. The zero-order valence-electron chi connectivity index (χ0n) is 12.5. The lowest BCUT2D eigenvalue weighted by Crippen LogP contribution is -2.20. The van der Waals surface area contributed by atoms with Crippen LogP contribution in [0.1, 0.15) is 43.2 Å². The molecule has 106 valence electrons. The molecule has 2 nitrogen and oxygen atoms in total. The van der Waals surface area contributed by atoms with Gasteiger partial charge in [0, 0.05) is 0 Å². The number of para-hydroxylation sites is 1. The van der Waals surface area contributed by atoms with Crippen LogP contribution < -0.4 is 4.74 Å². The molecule has 0 spiro atoms. The largest absolute Gasteiger partial charge is 0.493 e. The minimum absolute atomic E-state index is 0.853. The number of hydrogen-bond acceptors (Lipinski definition) is 2. The highest BCUT2D eigenvalue weighted by atomic mass is 16.5. The summed E-state index contributed by atoms with van der Waals surface area (Å²) in [6.07, 6.45) is 6.56. The molecule has 1 aliphatic rings. The third-order valence-corrected chi connectivity index (χ3v) is 3.97. The Morgan fingerprint density at radius 2 is 1.68 bits per heavy atom. The molecule has 1 aliphatic heterocycles. The van der Waals surface area contributed by atoms with E-state index in [0.29, 0.717) is 0 Å². The van der Waals surface area contributed by atoms with Crippen LogP contribution in [0.5, 0.6) is 5.75 Å². The molecule has 1 saturated heterocycles. The number of benzene rings is 1. The Morgan fingerprint density at radius 1 is 1.00 bits per heavy atom. The normalized spacial score (nSPS) is 15.9. The topological polar surface area (TPSA) is 12.5 Å². The molecule has 1 heterocycles. The Hall–Kier alpha value is -1.02. The summed E-state index contributed by atoms with van der Waals surface area (Å²) in [6.45, 7) is 9.01. The fourth-order valence-corrected chi connectivity index (χ4v) is 2.82. The van der Waals surface area contributed by atoms with Crippen LogP contribution in [0.15, 0.2) is 18.2 Å². The zero-order valence-corrected chi connectivity index (χ0v) is 12.5. The number of ether oxygens (including phenoxy) is 1. The fourth-order valence-electron chi connectivity index (χ4n) is 2.82. The number of rotatable bonds is 7. The first kappa shape index (κ1) is 14.4. The van der Waals surface area contributed by atoms with Crippen LogP contribution in [0.3, 0.4) is 0 Å². The summed E-state index contributed by atoms with van der Waals surface area (Å²) in [5.41, 5.74) is 2.49. The molecule has 0 atom stereocenters. The molecule has 0 radical (unpaired) electrons. The second kappa shape index (κ2) is 7.54. The highest BCUT2D eigenvalue weighted by molar-refractivity contribution is 5.39. The summed E-state index contributed by atoms with van der Waals surface area (Å²) in [5.74, 6) is 1.09. The first-order chi connectivity index (χ1) is 9.27. The Bertz CT molecular complexity index is 363. The Labute approximate surface area is 117 Å². The van der Waals surface area contributed by atoms with E-state index >= 15 is 0 Å². The molecule has 0 N–H and O–H groups in total. The van der Waals surface area contributed by atoms with E-state index < -0.39 is 0 Å². The van der Waals surface area contributed by atoms with Crippen molar-refractivity contribution in [2.24, 2.45) is 0 Å². The zero-order chi connectivity index (χ0) is 13.5. The van der Waals surface area contributed by atoms with Gasteiger partial charge in [0.15, 0.2) is 0 Å². The van der Waals surface area contributed by atoms with Crippen LogP contribution in [0.2, 0.25) is 0 Å². The number of likely N-dealkylation sites (tertiary alicyclic amines) is 1. The van der Waals surface area contributed by atoms with Crippen LogP contribution in [-0.2, 0) is 0 Å². The third kappa shape index (κ3) is 4.54. The van der Waals surface area contributed by atoms with Crippen LogP contribution in [0.4, 0.5) is 0 Å². The number of aryl methyl sites for hydroxylation is 2. The van der Waals surface area contributed by atoms with Gasteiger partial charge >= 0.3 is 0 Å².